The summed E-state index contributed by atoms with van der Waals surface area (Å²) in [6.45, 7) is 3.78. The fourth-order valence-electron chi connectivity index (χ4n) is 2.85. The molecule has 0 bridgehead atoms. The highest BCUT2D eigenvalue weighted by molar-refractivity contribution is 7.15. The number of halogens is 1. The summed E-state index contributed by atoms with van der Waals surface area (Å²) in [6, 6.07) is 14.9. The Morgan fingerprint density at radius 2 is 1.84 bits per heavy atom. The molecule has 2 aromatic carbocycles. The first-order chi connectivity index (χ1) is 14.9. The van der Waals surface area contributed by atoms with Crippen molar-refractivity contribution >= 4 is 34.3 Å². The zero-order valence-corrected chi connectivity index (χ0v) is 17.8. The molecule has 3 aromatic rings. The van der Waals surface area contributed by atoms with E-state index in [1.807, 2.05) is 37.3 Å². The molecule has 31 heavy (non-hydrogen) atoms. The van der Waals surface area contributed by atoms with E-state index in [0.717, 1.165) is 16.9 Å². The summed E-state index contributed by atoms with van der Waals surface area (Å²) in [4.78, 5) is 25.4. The number of aryl methyl sites for hydroxylation is 1. The predicted octanol–water partition coefficient (Wildman–Crippen LogP) is 5.59. The third-order valence-corrected chi connectivity index (χ3v) is 5.30. The van der Waals surface area contributed by atoms with Gasteiger partial charge >= 0.3 is 5.97 Å². The second-order valence-electron chi connectivity index (χ2n) is 6.62. The van der Waals surface area contributed by atoms with Gasteiger partial charge in [0.15, 0.2) is 0 Å². The van der Waals surface area contributed by atoms with Crippen molar-refractivity contribution in [1.82, 2.24) is 0 Å². The molecule has 0 aliphatic heterocycles. The molecule has 5 nitrogen and oxygen atoms in total. The molecule has 1 heterocycles. The van der Waals surface area contributed by atoms with E-state index < -0.39 is 17.7 Å². The van der Waals surface area contributed by atoms with Crippen molar-refractivity contribution in [3.63, 3.8) is 0 Å². The van der Waals surface area contributed by atoms with Crippen molar-refractivity contribution in [2.24, 2.45) is 0 Å². The van der Waals surface area contributed by atoms with Crippen molar-refractivity contribution < 1.29 is 18.7 Å². The summed E-state index contributed by atoms with van der Waals surface area (Å²) >= 11 is 1.13. The van der Waals surface area contributed by atoms with E-state index in [0.29, 0.717) is 16.7 Å². The minimum atomic E-state index is -0.638. The van der Waals surface area contributed by atoms with Gasteiger partial charge in [-0.1, -0.05) is 42.0 Å². The summed E-state index contributed by atoms with van der Waals surface area (Å²) in [5.41, 5.74) is 2.96. The largest absolute Gasteiger partial charge is 0.462 e. The summed E-state index contributed by atoms with van der Waals surface area (Å²) in [6.07, 6.45) is 1.48. The Labute approximate surface area is 183 Å². The number of benzene rings is 2. The van der Waals surface area contributed by atoms with Crippen LogP contribution in [0.2, 0.25) is 0 Å². The minimum absolute atomic E-state index is 0.101. The van der Waals surface area contributed by atoms with Crippen LogP contribution in [-0.2, 0) is 9.53 Å². The molecule has 1 amide bonds. The predicted molar refractivity (Wildman–Crippen MR) is 119 cm³/mol. The molecule has 0 atom stereocenters. The van der Waals surface area contributed by atoms with Gasteiger partial charge in [0, 0.05) is 10.9 Å². The fourth-order valence-corrected chi connectivity index (χ4v) is 3.80. The van der Waals surface area contributed by atoms with Crippen LogP contribution in [0.25, 0.3) is 17.2 Å². The van der Waals surface area contributed by atoms with Gasteiger partial charge in [-0.25, -0.2) is 9.18 Å². The molecular formula is C24H19FN2O3S. The van der Waals surface area contributed by atoms with Crippen LogP contribution in [0.5, 0.6) is 0 Å². The normalized spacial score (nSPS) is 11.0. The molecule has 1 aromatic heterocycles. The maximum Gasteiger partial charge on any atom is 0.341 e. The minimum Gasteiger partial charge on any atom is -0.462 e. The van der Waals surface area contributed by atoms with E-state index in [-0.39, 0.29) is 22.7 Å². The molecule has 0 spiro atoms. The van der Waals surface area contributed by atoms with E-state index >= 15 is 0 Å². The first kappa shape index (κ1) is 21.9. The van der Waals surface area contributed by atoms with Gasteiger partial charge in [-0.3, -0.25) is 4.79 Å². The molecule has 7 heteroatoms. The third kappa shape index (κ3) is 5.24. The van der Waals surface area contributed by atoms with E-state index in [4.69, 9.17) is 4.74 Å². The Balaban J connectivity index is 1.95. The smallest absolute Gasteiger partial charge is 0.341 e. The van der Waals surface area contributed by atoms with Crippen molar-refractivity contribution in [3.8, 4) is 17.2 Å². The van der Waals surface area contributed by atoms with Gasteiger partial charge in [-0.15, -0.1) is 11.3 Å². The van der Waals surface area contributed by atoms with Crippen LogP contribution in [0.4, 0.5) is 9.39 Å². The highest BCUT2D eigenvalue weighted by atomic mass is 32.1. The van der Waals surface area contributed by atoms with Gasteiger partial charge in [0.05, 0.1) is 6.61 Å². The van der Waals surface area contributed by atoms with Crippen molar-refractivity contribution in [2.75, 3.05) is 11.9 Å². The number of anilines is 1. The van der Waals surface area contributed by atoms with E-state index in [1.165, 1.54) is 18.2 Å². The summed E-state index contributed by atoms with van der Waals surface area (Å²) < 4.78 is 18.5. The molecule has 0 saturated carbocycles. The fraction of sp³-hybridized carbons (Fsp3) is 0.125. The Morgan fingerprint density at radius 1 is 1.16 bits per heavy atom. The lowest BCUT2D eigenvalue weighted by molar-refractivity contribution is -0.112. The average molecular weight is 434 g/mol. The zero-order chi connectivity index (χ0) is 22.4. The van der Waals surface area contributed by atoms with Gasteiger partial charge < -0.3 is 10.1 Å². The summed E-state index contributed by atoms with van der Waals surface area (Å²) in [5, 5.41) is 14.0. The van der Waals surface area contributed by atoms with Crippen LogP contribution in [-0.4, -0.2) is 18.5 Å². The number of carbonyl (C=O) groups is 2. The van der Waals surface area contributed by atoms with Crippen LogP contribution in [0, 0.1) is 24.1 Å². The monoisotopic (exact) mass is 434 g/mol. The van der Waals surface area contributed by atoms with Gasteiger partial charge in [-0.2, -0.15) is 5.26 Å². The molecule has 3 rings (SSSR count). The van der Waals surface area contributed by atoms with Gasteiger partial charge in [0.2, 0.25) is 0 Å². The van der Waals surface area contributed by atoms with Crippen LogP contribution in [0.3, 0.4) is 0 Å². The number of amides is 1. The second kappa shape index (κ2) is 9.83. The van der Waals surface area contributed by atoms with E-state index in [2.05, 4.69) is 5.32 Å². The molecule has 0 radical (unpaired) electrons. The number of ether oxygens (including phenoxy) is 1. The number of esters is 1. The molecule has 0 saturated heterocycles. The molecule has 0 fully saturated rings. The number of carbonyl (C=O) groups excluding carboxylic acids is 2. The first-order valence-electron chi connectivity index (χ1n) is 9.47. The highest BCUT2D eigenvalue weighted by Crippen LogP contribution is 2.36. The summed E-state index contributed by atoms with van der Waals surface area (Å²) in [7, 11) is 0. The Kier molecular flexibility index (Phi) is 6.96. The second-order valence-corrected chi connectivity index (χ2v) is 7.50. The third-order valence-electron chi connectivity index (χ3n) is 4.41. The number of nitrogens with zero attached hydrogens (tertiary/aromatic N) is 1. The number of nitriles is 1. The number of hydrogen-bond acceptors (Lipinski definition) is 5. The summed E-state index contributed by atoms with van der Waals surface area (Å²) in [5.74, 6) is -1.65. The standard InChI is InChI=1S/C24H19FN2O3S/c1-3-30-24(29)21-20(17-8-10-19(25)11-9-17)14-31-23(21)27-22(28)18(13-26)12-16-6-4-15(2)5-7-16/h4-12,14H,3H2,1-2H3,(H,27,28)/b18-12-. The number of rotatable bonds is 6. The molecule has 156 valence electrons. The van der Waals surface area contributed by atoms with Gasteiger partial charge in [-0.05, 0) is 43.2 Å². The topological polar surface area (TPSA) is 79.2 Å². The number of nitrogens with one attached hydrogen (secondary N) is 1. The van der Waals surface area contributed by atoms with E-state index in [1.54, 1.807) is 24.4 Å². The van der Waals surface area contributed by atoms with Crippen LogP contribution in [0.1, 0.15) is 28.4 Å². The SMILES string of the molecule is CCOC(=O)c1c(-c2ccc(F)cc2)csc1NC(=O)/C(C#N)=C\c1ccc(C)cc1. The van der Waals surface area contributed by atoms with Crippen LogP contribution < -0.4 is 5.32 Å². The number of hydrogen-bond donors (Lipinski definition) is 1. The molecule has 0 aliphatic carbocycles. The average Bonchev–Trinajstić information content (AvgIpc) is 3.17. The lowest BCUT2D eigenvalue weighted by atomic mass is 10.0. The number of thiophene rings is 1. The highest BCUT2D eigenvalue weighted by Gasteiger charge is 2.23. The Bertz CT molecular complexity index is 1170. The molecular weight excluding hydrogens is 415 g/mol. The quantitative estimate of drug-likeness (QED) is 0.312. The Morgan fingerprint density at radius 3 is 2.45 bits per heavy atom. The maximum atomic E-state index is 13.3. The maximum absolute atomic E-state index is 13.3. The Hall–Kier alpha value is -3.76. The molecule has 1 N–H and O–H groups in total. The molecule has 0 unspecified atom stereocenters. The van der Waals surface area contributed by atoms with Gasteiger partial charge in [0.25, 0.3) is 5.91 Å². The van der Waals surface area contributed by atoms with Crippen molar-refractivity contribution in [2.45, 2.75) is 13.8 Å². The lowest BCUT2D eigenvalue weighted by Gasteiger charge is -2.09. The van der Waals surface area contributed by atoms with Crippen LogP contribution in [0.15, 0.2) is 59.5 Å². The zero-order valence-electron chi connectivity index (χ0n) is 16.9. The first-order valence-corrected chi connectivity index (χ1v) is 10.3. The van der Waals surface area contributed by atoms with Crippen molar-refractivity contribution in [3.05, 3.63) is 82.0 Å². The van der Waals surface area contributed by atoms with E-state index in [9.17, 15) is 19.2 Å². The van der Waals surface area contributed by atoms with Crippen molar-refractivity contribution in [1.29, 1.82) is 5.26 Å². The van der Waals surface area contributed by atoms with Gasteiger partial charge in [0.1, 0.15) is 28.0 Å². The molecule has 0 aliphatic rings. The van der Waals surface area contributed by atoms with Crippen LogP contribution >= 0.6 is 11.3 Å². The lowest BCUT2D eigenvalue weighted by Crippen LogP contribution is -2.16.